The minimum Gasteiger partial charge on any atom is -0.493 e. The van der Waals surface area contributed by atoms with Gasteiger partial charge in [-0.25, -0.2) is 0 Å². The molecule has 0 radical (unpaired) electrons. The Morgan fingerprint density at radius 3 is 2.50 bits per heavy atom. The summed E-state index contributed by atoms with van der Waals surface area (Å²) in [6, 6.07) is 5.55. The van der Waals surface area contributed by atoms with Gasteiger partial charge in [0, 0.05) is 0 Å². The monoisotopic (exact) mass is 226 g/mol. The van der Waals surface area contributed by atoms with Crippen LogP contribution in [0.1, 0.15) is 6.92 Å². The predicted octanol–water partition coefficient (Wildman–Crippen LogP) is 0.934. The minimum absolute atomic E-state index is 0.0657. The van der Waals surface area contributed by atoms with Gasteiger partial charge in [0.2, 0.25) is 5.75 Å². The van der Waals surface area contributed by atoms with Crippen molar-refractivity contribution >= 4 is 0 Å². The van der Waals surface area contributed by atoms with E-state index in [0.717, 1.165) is 0 Å². The molecule has 0 aliphatic rings. The van der Waals surface area contributed by atoms with Gasteiger partial charge in [-0.3, -0.25) is 11.3 Å². The predicted molar refractivity (Wildman–Crippen MR) is 61.8 cm³/mol. The summed E-state index contributed by atoms with van der Waals surface area (Å²) in [6.45, 7) is 2.38. The van der Waals surface area contributed by atoms with Crippen LogP contribution < -0.4 is 25.5 Å². The molecule has 0 heterocycles. The highest BCUT2D eigenvalue weighted by atomic mass is 16.5. The van der Waals surface area contributed by atoms with Gasteiger partial charge in [-0.15, -0.1) is 0 Å². The lowest BCUT2D eigenvalue weighted by atomic mass is 10.3. The number of para-hydroxylation sites is 1. The number of nitrogens with one attached hydrogen (secondary N) is 1. The first-order valence-electron chi connectivity index (χ1n) is 5.02. The molecule has 1 aromatic rings. The molecule has 0 aromatic heterocycles. The molecule has 1 rings (SSSR count). The second-order valence-electron chi connectivity index (χ2n) is 3.37. The molecule has 1 aromatic carbocycles. The van der Waals surface area contributed by atoms with Crippen molar-refractivity contribution in [3.05, 3.63) is 18.2 Å². The fourth-order valence-electron chi connectivity index (χ4n) is 1.23. The number of methoxy groups -OCH3 is 2. The zero-order valence-electron chi connectivity index (χ0n) is 9.82. The highest BCUT2D eigenvalue weighted by Crippen LogP contribution is 2.36. The molecule has 0 aliphatic carbocycles. The highest BCUT2D eigenvalue weighted by molar-refractivity contribution is 5.50. The minimum atomic E-state index is 0.0657. The Bertz CT molecular complexity index is 331. The molecular weight excluding hydrogens is 208 g/mol. The topological polar surface area (TPSA) is 65.7 Å². The standard InChI is InChI=1S/C11H18N2O3/c1-8(13-12)7-16-10-6-4-5-9(14-2)11(10)15-3/h4-6,8,13H,7,12H2,1-3H3. The first kappa shape index (κ1) is 12.6. The van der Waals surface area contributed by atoms with Crippen molar-refractivity contribution in [2.75, 3.05) is 20.8 Å². The Hall–Kier alpha value is -1.46. The van der Waals surface area contributed by atoms with Crippen LogP contribution in [0.4, 0.5) is 0 Å². The number of ether oxygens (including phenoxy) is 3. The van der Waals surface area contributed by atoms with Crippen LogP contribution in [-0.4, -0.2) is 26.9 Å². The molecule has 90 valence electrons. The molecule has 16 heavy (non-hydrogen) atoms. The number of hydrogen-bond donors (Lipinski definition) is 2. The van der Waals surface area contributed by atoms with E-state index in [-0.39, 0.29) is 6.04 Å². The average Bonchev–Trinajstić information content (AvgIpc) is 2.34. The van der Waals surface area contributed by atoms with Crippen LogP contribution in [0.5, 0.6) is 17.2 Å². The average molecular weight is 226 g/mol. The lowest BCUT2D eigenvalue weighted by molar-refractivity contribution is 0.255. The summed E-state index contributed by atoms with van der Waals surface area (Å²) in [6.07, 6.45) is 0. The summed E-state index contributed by atoms with van der Waals surface area (Å²) in [4.78, 5) is 0. The van der Waals surface area contributed by atoms with Gasteiger partial charge in [-0.1, -0.05) is 6.07 Å². The second kappa shape index (κ2) is 6.19. The van der Waals surface area contributed by atoms with Crippen LogP contribution in [0.25, 0.3) is 0 Å². The fourth-order valence-corrected chi connectivity index (χ4v) is 1.23. The highest BCUT2D eigenvalue weighted by Gasteiger charge is 2.11. The SMILES string of the molecule is COc1cccc(OCC(C)NN)c1OC. The summed E-state index contributed by atoms with van der Waals surface area (Å²) < 4.78 is 16.0. The lowest BCUT2D eigenvalue weighted by Crippen LogP contribution is -2.37. The maximum absolute atomic E-state index is 5.58. The van der Waals surface area contributed by atoms with Crippen LogP contribution >= 0.6 is 0 Å². The Kier molecular flexibility index (Phi) is 4.88. The Morgan fingerprint density at radius 1 is 1.25 bits per heavy atom. The van der Waals surface area contributed by atoms with Crippen molar-refractivity contribution in [3.63, 3.8) is 0 Å². The Balaban J connectivity index is 2.78. The second-order valence-corrected chi connectivity index (χ2v) is 3.37. The Labute approximate surface area is 95.5 Å². The first-order chi connectivity index (χ1) is 7.72. The van der Waals surface area contributed by atoms with Gasteiger partial charge < -0.3 is 14.2 Å². The Morgan fingerprint density at radius 2 is 1.94 bits per heavy atom. The van der Waals surface area contributed by atoms with E-state index < -0.39 is 0 Å². The van der Waals surface area contributed by atoms with Crippen LogP contribution in [0.15, 0.2) is 18.2 Å². The maximum atomic E-state index is 5.58. The van der Waals surface area contributed by atoms with E-state index in [4.69, 9.17) is 20.1 Å². The van der Waals surface area contributed by atoms with Crippen LogP contribution in [-0.2, 0) is 0 Å². The number of benzene rings is 1. The van der Waals surface area contributed by atoms with E-state index in [1.165, 1.54) is 0 Å². The molecule has 5 heteroatoms. The van der Waals surface area contributed by atoms with Gasteiger partial charge >= 0.3 is 0 Å². The smallest absolute Gasteiger partial charge is 0.203 e. The summed E-state index contributed by atoms with van der Waals surface area (Å²) >= 11 is 0. The van der Waals surface area contributed by atoms with Gasteiger partial charge in [-0.05, 0) is 19.1 Å². The molecule has 0 saturated carbocycles. The van der Waals surface area contributed by atoms with Crippen molar-refractivity contribution in [1.29, 1.82) is 0 Å². The molecule has 0 amide bonds. The summed E-state index contributed by atoms with van der Waals surface area (Å²) in [5.41, 5.74) is 2.60. The van der Waals surface area contributed by atoms with Crippen molar-refractivity contribution < 1.29 is 14.2 Å². The molecule has 3 N–H and O–H groups in total. The fraction of sp³-hybridized carbons (Fsp3) is 0.455. The first-order valence-corrected chi connectivity index (χ1v) is 5.02. The summed E-state index contributed by atoms with van der Waals surface area (Å²) in [5.74, 6) is 7.16. The number of rotatable bonds is 6. The molecule has 1 unspecified atom stereocenters. The lowest BCUT2D eigenvalue weighted by Gasteiger charge is -2.15. The van der Waals surface area contributed by atoms with Crippen LogP contribution in [0.2, 0.25) is 0 Å². The van der Waals surface area contributed by atoms with Gasteiger partial charge in [0.1, 0.15) is 6.61 Å². The van der Waals surface area contributed by atoms with Gasteiger partial charge in [0.05, 0.1) is 20.3 Å². The van der Waals surface area contributed by atoms with Crippen LogP contribution in [0, 0.1) is 0 Å². The zero-order valence-corrected chi connectivity index (χ0v) is 9.82. The van der Waals surface area contributed by atoms with Crippen LogP contribution in [0.3, 0.4) is 0 Å². The summed E-state index contributed by atoms with van der Waals surface area (Å²) in [5, 5.41) is 0. The maximum Gasteiger partial charge on any atom is 0.203 e. The number of hydrazine groups is 1. The molecule has 0 aliphatic heterocycles. The van der Waals surface area contributed by atoms with E-state index in [9.17, 15) is 0 Å². The van der Waals surface area contributed by atoms with Crippen molar-refractivity contribution in [2.24, 2.45) is 5.84 Å². The third kappa shape index (κ3) is 3.01. The van der Waals surface area contributed by atoms with E-state index in [0.29, 0.717) is 23.9 Å². The number of nitrogens with two attached hydrogens (primary N) is 1. The quantitative estimate of drug-likeness (QED) is 0.558. The summed E-state index contributed by atoms with van der Waals surface area (Å²) in [7, 11) is 3.17. The third-order valence-corrected chi connectivity index (χ3v) is 2.14. The van der Waals surface area contributed by atoms with Gasteiger partial charge in [-0.2, -0.15) is 0 Å². The molecule has 1 atom stereocenters. The molecule has 5 nitrogen and oxygen atoms in total. The normalized spacial score (nSPS) is 12.0. The van der Waals surface area contributed by atoms with Gasteiger partial charge in [0.15, 0.2) is 11.5 Å². The van der Waals surface area contributed by atoms with Crippen molar-refractivity contribution in [2.45, 2.75) is 13.0 Å². The van der Waals surface area contributed by atoms with E-state index in [1.807, 2.05) is 25.1 Å². The van der Waals surface area contributed by atoms with Crippen molar-refractivity contribution in [1.82, 2.24) is 5.43 Å². The third-order valence-electron chi connectivity index (χ3n) is 2.14. The molecule has 0 bridgehead atoms. The molecular formula is C11H18N2O3. The number of hydrogen-bond acceptors (Lipinski definition) is 5. The largest absolute Gasteiger partial charge is 0.493 e. The van der Waals surface area contributed by atoms with Crippen molar-refractivity contribution in [3.8, 4) is 17.2 Å². The zero-order chi connectivity index (χ0) is 12.0. The van der Waals surface area contributed by atoms with E-state index >= 15 is 0 Å². The van der Waals surface area contributed by atoms with E-state index in [1.54, 1.807) is 14.2 Å². The molecule has 0 saturated heterocycles. The molecule has 0 spiro atoms. The van der Waals surface area contributed by atoms with E-state index in [2.05, 4.69) is 5.43 Å². The molecule has 0 fully saturated rings. The van der Waals surface area contributed by atoms with Gasteiger partial charge in [0.25, 0.3) is 0 Å².